The van der Waals surface area contributed by atoms with Crippen LogP contribution < -0.4 is 10.1 Å². The van der Waals surface area contributed by atoms with Crippen molar-refractivity contribution in [3.8, 4) is 5.75 Å². The molecule has 0 spiro atoms. The number of ether oxygens (including phenoxy) is 2. The zero-order valence-corrected chi connectivity index (χ0v) is 14.7. The van der Waals surface area contributed by atoms with Gasteiger partial charge in [0.2, 0.25) is 0 Å². The summed E-state index contributed by atoms with van der Waals surface area (Å²) in [4.78, 5) is 13.9. The monoisotopic (exact) mass is 390 g/mol. The molecule has 1 amide bonds. The van der Waals surface area contributed by atoms with E-state index < -0.39 is 24.7 Å². The van der Waals surface area contributed by atoms with Crippen molar-refractivity contribution in [2.45, 2.75) is 25.6 Å². The number of hydrogen-bond acceptors (Lipinski definition) is 4. The molecular weight excluding hydrogens is 368 g/mol. The largest absolute Gasteiger partial charge is 0.484 e. The Morgan fingerprint density at radius 2 is 1.85 bits per heavy atom. The number of alkyl halides is 3. The van der Waals surface area contributed by atoms with E-state index in [2.05, 4.69) is 10.1 Å². The van der Waals surface area contributed by atoms with Crippen LogP contribution in [0.3, 0.4) is 0 Å². The molecule has 0 bridgehead atoms. The third-order valence-corrected chi connectivity index (χ3v) is 5.06. The smallest absolute Gasteiger partial charge is 0.422 e. The third-order valence-electron chi connectivity index (χ3n) is 5.06. The van der Waals surface area contributed by atoms with Gasteiger partial charge in [-0.05, 0) is 49.9 Å². The maximum atomic E-state index is 14.0. The van der Waals surface area contributed by atoms with Crippen molar-refractivity contribution in [3.63, 3.8) is 0 Å². The van der Waals surface area contributed by atoms with Crippen LogP contribution in [0.2, 0.25) is 0 Å². The molecule has 0 aliphatic carbocycles. The molecule has 27 heavy (non-hydrogen) atoms. The number of amides is 1. The second-order valence-corrected chi connectivity index (χ2v) is 6.95. The number of halogens is 4. The maximum absolute atomic E-state index is 14.0. The van der Waals surface area contributed by atoms with E-state index in [0.717, 1.165) is 32.0 Å². The van der Waals surface area contributed by atoms with Crippen LogP contribution in [0.1, 0.15) is 18.4 Å². The molecule has 3 rings (SSSR count). The quantitative estimate of drug-likeness (QED) is 0.802. The first kappa shape index (κ1) is 19.7. The lowest BCUT2D eigenvalue weighted by molar-refractivity contribution is -0.153. The maximum Gasteiger partial charge on any atom is 0.422 e. The molecule has 2 aliphatic heterocycles. The Labute approximate surface area is 154 Å². The highest BCUT2D eigenvalue weighted by Crippen LogP contribution is 2.27. The molecule has 150 valence electrons. The molecule has 0 aromatic heterocycles. The minimum absolute atomic E-state index is 0.0820. The van der Waals surface area contributed by atoms with Gasteiger partial charge in [-0.3, -0.25) is 0 Å². The second kappa shape index (κ2) is 8.33. The van der Waals surface area contributed by atoms with Gasteiger partial charge in [0.05, 0.1) is 0 Å². The first-order chi connectivity index (χ1) is 12.8. The summed E-state index contributed by atoms with van der Waals surface area (Å²) in [7, 11) is 0. The van der Waals surface area contributed by atoms with Gasteiger partial charge in [0.1, 0.15) is 18.2 Å². The number of fused-ring (bicyclic) bond motifs is 1. The molecule has 0 saturated carbocycles. The fourth-order valence-electron chi connectivity index (χ4n) is 3.53. The normalized spacial score (nSPS) is 22.9. The first-order valence-electron chi connectivity index (χ1n) is 8.92. The molecule has 1 N–H and O–H groups in total. The number of carbonyl (C=O) groups is 1. The van der Waals surface area contributed by atoms with E-state index in [-0.39, 0.29) is 17.9 Å². The van der Waals surface area contributed by atoms with E-state index in [1.807, 2.05) is 0 Å². The molecule has 2 fully saturated rings. The van der Waals surface area contributed by atoms with Gasteiger partial charge in [-0.15, -0.1) is 0 Å². The van der Waals surface area contributed by atoms with Gasteiger partial charge in [0.15, 0.2) is 6.61 Å². The van der Waals surface area contributed by atoms with E-state index in [1.165, 1.54) is 12.1 Å². The lowest BCUT2D eigenvalue weighted by Gasteiger charge is -2.20. The third kappa shape index (κ3) is 5.47. The number of rotatable bonds is 4. The summed E-state index contributed by atoms with van der Waals surface area (Å²) in [6, 6.07) is 3.33. The van der Waals surface area contributed by atoms with Gasteiger partial charge in [-0.2, -0.15) is 13.2 Å². The molecule has 5 nitrogen and oxygen atoms in total. The van der Waals surface area contributed by atoms with Crippen LogP contribution in [0.4, 0.5) is 22.4 Å². The Bertz CT molecular complexity index is 654. The zero-order valence-electron chi connectivity index (χ0n) is 14.7. The van der Waals surface area contributed by atoms with Crippen molar-refractivity contribution in [2.24, 2.45) is 11.8 Å². The highest BCUT2D eigenvalue weighted by atomic mass is 19.4. The van der Waals surface area contributed by atoms with Gasteiger partial charge in [-0.25, -0.2) is 9.18 Å². The summed E-state index contributed by atoms with van der Waals surface area (Å²) >= 11 is 0. The standard InChI is InChI=1S/C18H22F4N2O3/c19-16-7-15(27-11-18(20,21)22)2-1-14(16)10-26-17(25)24-5-3-12-8-23-9-13(12)4-6-24/h1-2,7,12-13,23H,3-6,8-11H2/t12-,13-/m1/s1. The Kier molecular flexibility index (Phi) is 6.08. The van der Waals surface area contributed by atoms with E-state index in [4.69, 9.17) is 4.74 Å². The molecule has 1 aromatic carbocycles. The van der Waals surface area contributed by atoms with Crippen LogP contribution in [-0.2, 0) is 11.3 Å². The number of carbonyl (C=O) groups excluding carboxylic acids is 1. The fourth-order valence-corrected chi connectivity index (χ4v) is 3.53. The summed E-state index contributed by atoms with van der Waals surface area (Å²) < 4.78 is 60.1. The van der Waals surface area contributed by atoms with Crippen molar-refractivity contribution >= 4 is 6.09 Å². The van der Waals surface area contributed by atoms with Gasteiger partial charge < -0.3 is 19.7 Å². The van der Waals surface area contributed by atoms with Crippen molar-refractivity contribution < 1.29 is 31.8 Å². The van der Waals surface area contributed by atoms with Gasteiger partial charge in [0.25, 0.3) is 0 Å². The van der Waals surface area contributed by atoms with Crippen molar-refractivity contribution in [2.75, 3.05) is 32.8 Å². The second-order valence-electron chi connectivity index (χ2n) is 6.95. The summed E-state index contributed by atoms with van der Waals surface area (Å²) in [5, 5.41) is 3.36. The topological polar surface area (TPSA) is 50.8 Å². The molecule has 2 aliphatic rings. The predicted molar refractivity (Wildman–Crippen MR) is 88.8 cm³/mol. The molecule has 2 saturated heterocycles. The minimum atomic E-state index is -4.49. The number of hydrogen-bond donors (Lipinski definition) is 1. The highest BCUT2D eigenvalue weighted by Gasteiger charge is 2.32. The average Bonchev–Trinajstić information content (AvgIpc) is 2.96. The molecule has 2 heterocycles. The van der Waals surface area contributed by atoms with Crippen molar-refractivity contribution in [1.82, 2.24) is 10.2 Å². The Morgan fingerprint density at radius 1 is 1.19 bits per heavy atom. The van der Waals surface area contributed by atoms with Crippen molar-refractivity contribution in [1.29, 1.82) is 0 Å². The van der Waals surface area contributed by atoms with Crippen LogP contribution in [0.25, 0.3) is 0 Å². The summed E-state index contributed by atoms with van der Waals surface area (Å²) in [6.07, 6.45) is -3.18. The fraction of sp³-hybridized carbons (Fsp3) is 0.611. The van der Waals surface area contributed by atoms with Crippen LogP contribution in [0.15, 0.2) is 18.2 Å². The van der Waals surface area contributed by atoms with Crippen molar-refractivity contribution in [3.05, 3.63) is 29.6 Å². The molecule has 0 radical (unpaired) electrons. The molecule has 2 atom stereocenters. The Morgan fingerprint density at radius 3 is 2.44 bits per heavy atom. The van der Waals surface area contributed by atoms with E-state index >= 15 is 0 Å². The number of nitrogens with zero attached hydrogens (tertiary/aromatic N) is 1. The highest BCUT2D eigenvalue weighted by molar-refractivity contribution is 5.67. The van der Waals surface area contributed by atoms with Gasteiger partial charge in [-0.1, -0.05) is 0 Å². The predicted octanol–water partition coefficient (Wildman–Crippen LogP) is 3.33. The van der Waals surface area contributed by atoms with Crippen LogP contribution in [0.5, 0.6) is 5.75 Å². The van der Waals surface area contributed by atoms with E-state index in [0.29, 0.717) is 24.9 Å². The lowest BCUT2D eigenvalue weighted by Crippen LogP contribution is -2.33. The molecule has 1 aromatic rings. The van der Waals surface area contributed by atoms with Crippen LogP contribution >= 0.6 is 0 Å². The SMILES string of the molecule is O=C(OCc1ccc(OCC(F)(F)F)cc1F)N1CC[C@@H]2CNC[C@H]2CC1. The minimum Gasteiger partial charge on any atom is -0.484 e. The van der Waals surface area contributed by atoms with E-state index in [1.54, 1.807) is 4.90 Å². The van der Waals surface area contributed by atoms with E-state index in [9.17, 15) is 22.4 Å². The molecule has 0 unspecified atom stereocenters. The molecular formula is C18H22F4N2O3. The number of likely N-dealkylation sites (tertiary alicyclic amines) is 1. The van der Waals surface area contributed by atoms with Crippen LogP contribution in [0, 0.1) is 17.7 Å². The Hall–Kier alpha value is -2.03. The Balaban J connectivity index is 1.49. The summed E-state index contributed by atoms with van der Waals surface area (Å²) in [5.41, 5.74) is 0.0820. The number of benzene rings is 1. The van der Waals surface area contributed by atoms with Gasteiger partial charge >= 0.3 is 12.3 Å². The molecule has 9 heteroatoms. The zero-order chi connectivity index (χ0) is 19.4. The summed E-state index contributed by atoms with van der Waals surface area (Å²) in [5.74, 6) is 0.139. The average molecular weight is 390 g/mol. The lowest BCUT2D eigenvalue weighted by atomic mass is 9.92. The summed E-state index contributed by atoms with van der Waals surface area (Å²) in [6.45, 7) is 1.38. The first-order valence-corrected chi connectivity index (χ1v) is 8.92. The van der Waals surface area contributed by atoms with Gasteiger partial charge in [0, 0.05) is 24.7 Å². The van der Waals surface area contributed by atoms with Crippen LogP contribution in [-0.4, -0.2) is 50.0 Å². The number of nitrogens with one attached hydrogen (secondary N) is 1.